The van der Waals surface area contributed by atoms with Crippen molar-refractivity contribution in [2.24, 2.45) is 11.8 Å². The number of rotatable bonds is 9. The summed E-state index contributed by atoms with van der Waals surface area (Å²) in [6.07, 6.45) is 0.270. The Kier molecular flexibility index (Phi) is 7.30. The molecule has 0 radical (unpaired) electrons. The van der Waals surface area contributed by atoms with E-state index in [1.165, 1.54) is 11.1 Å². The second-order valence-corrected chi connectivity index (χ2v) is 9.31. The van der Waals surface area contributed by atoms with Crippen LogP contribution in [0.5, 0.6) is 5.75 Å². The zero-order chi connectivity index (χ0) is 21.2. The van der Waals surface area contributed by atoms with Crippen molar-refractivity contribution in [3.63, 3.8) is 0 Å². The Labute approximate surface area is 170 Å². The first kappa shape index (κ1) is 22.4. The maximum atomic E-state index is 12.5. The van der Waals surface area contributed by atoms with Crippen molar-refractivity contribution in [2.45, 2.75) is 85.7 Å². The van der Waals surface area contributed by atoms with Crippen LogP contribution in [0.3, 0.4) is 0 Å². The van der Waals surface area contributed by atoms with Crippen molar-refractivity contribution in [3.8, 4) is 5.75 Å². The summed E-state index contributed by atoms with van der Waals surface area (Å²) >= 11 is 0. The Morgan fingerprint density at radius 1 is 1.00 bits per heavy atom. The molecule has 1 aliphatic rings. The predicted molar refractivity (Wildman–Crippen MR) is 114 cm³/mol. The van der Waals surface area contributed by atoms with E-state index in [1.54, 1.807) is 0 Å². The van der Waals surface area contributed by atoms with Crippen molar-refractivity contribution >= 4 is 11.7 Å². The molecule has 0 bridgehead atoms. The van der Waals surface area contributed by atoms with Gasteiger partial charge in [-0.05, 0) is 54.9 Å². The molecule has 2 rings (SSSR count). The molecule has 1 aromatic rings. The maximum Gasteiger partial charge on any atom is 0.228 e. The number of ether oxygens (including phenoxy) is 1. The molecule has 1 amide bonds. The first-order chi connectivity index (χ1) is 13.0. The summed E-state index contributed by atoms with van der Waals surface area (Å²) in [6, 6.07) is 6.43. The van der Waals surface area contributed by atoms with Crippen molar-refractivity contribution in [3.05, 3.63) is 29.3 Å². The Morgan fingerprint density at radius 3 is 2.11 bits per heavy atom. The number of nitrogens with zero attached hydrogens (tertiary/aromatic N) is 1. The minimum Gasteiger partial charge on any atom is -0.486 e. The van der Waals surface area contributed by atoms with Crippen molar-refractivity contribution in [1.82, 2.24) is 4.90 Å². The number of carbonyl (C=O) groups excluding carboxylic acids is 2. The predicted octanol–water partition coefficient (Wildman–Crippen LogP) is 5.16. The number of hydrogen-bond donors (Lipinski definition) is 0. The van der Waals surface area contributed by atoms with Gasteiger partial charge in [0.15, 0.2) is 5.78 Å². The van der Waals surface area contributed by atoms with E-state index in [9.17, 15) is 9.59 Å². The molecule has 156 valence electrons. The summed E-state index contributed by atoms with van der Waals surface area (Å²) in [6.45, 7) is 17.0. The summed E-state index contributed by atoms with van der Waals surface area (Å²) in [4.78, 5) is 26.9. The largest absolute Gasteiger partial charge is 0.486 e. The van der Waals surface area contributed by atoms with Gasteiger partial charge in [0.2, 0.25) is 5.91 Å². The molecule has 4 heteroatoms. The van der Waals surface area contributed by atoms with Crippen LogP contribution in [0, 0.1) is 11.8 Å². The fourth-order valence-corrected chi connectivity index (χ4v) is 4.33. The summed E-state index contributed by atoms with van der Waals surface area (Å²) < 4.78 is 5.79. The first-order valence-corrected chi connectivity index (χ1v) is 10.6. The lowest BCUT2D eigenvalue weighted by atomic mass is 9.76. The Balaban J connectivity index is 1.99. The van der Waals surface area contributed by atoms with Gasteiger partial charge in [0.1, 0.15) is 12.4 Å². The van der Waals surface area contributed by atoms with Gasteiger partial charge in [-0.15, -0.1) is 0 Å². The highest BCUT2D eigenvalue weighted by Crippen LogP contribution is 2.36. The zero-order valence-electron chi connectivity index (χ0n) is 18.8. The van der Waals surface area contributed by atoms with Gasteiger partial charge in [0.05, 0.1) is 5.92 Å². The van der Waals surface area contributed by atoms with Crippen LogP contribution in [0.1, 0.15) is 84.8 Å². The Bertz CT molecular complexity index is 706. The van der Waals surface area contributed by atoms with Crippen molar-refractivity contribution in [1.29, 1.82) is 0 Å². The van der Waals surface area contributed by atoms with E-state index in [0.717, 1.165) is 5.75 Å². The highest BCUT2D eigenvalue weighted by Gasteiger charge is 2.49. The SMILES string of the molecule is CC(C)c1ccc(OCC(=O)CC2C(=O)N(C(C)C)C2C(C)C)cc1C(C)C. The van der Waals surface area contributed by atoms with Crippen LogP contribution in [0.15, 0.2) is 18.2 Å². The third-order valence-corrected chi connectivity index (χ3v) is 5.69. The summed E-state index contributed by atoms with van der Waals surface area (Å²) in [5.74, 6) is 1.82. The molecule has 1 heterocycles. The lowest BCUT2D eigenvalue weighted by molar-refractivity contribution is -0.165. The van der Waals surface area contributed by atoms with E-state index < -0.39 is 0 Å². The van der Waals surface area contributed by atoms with Crippen molar-refractivity contribution in [2.75, 3.05) is 6.61 Å². The van der Waals surface area contributed by atoms with Crippen LogP contribution in [-0.4, -0.2) is 35.3 Å². The lowest BCUT2D eigenvalue weighted by Crippen LogP contribution is -2.65. The zero-order valence-corrected chi connectivity index (χ0v) is 18.8. The number of Topliss-reactive ketones (excluding diaryl/α,β-unsaturated/α-hetero) is 1. The third-order valence-electron chi connectivity index (χ3n) is 5.69. The number of likely N-dealkylation sites (tertiary alicyclic amines) is 1. The molecular weight excluding hydrogens is 350 g/mol. The number of amides is 1. The number of ketones is 1. The van der Waals surface area contributed by atoms with Crippen LogP contribution in [0.2, 0.25) is 0 Å². The van der Waals surface area contributed by atoms with E-state index >= 15 is 0 Å². The van der Waals surface area contributed by atoms with Gasteiger partial charge in [0.25, 0.3) is 0 Å². The van der Waals surface area contributed by atoms with Gasteiger partial charge in [-0.2, -0.15) is 0 Å². The van der Waals surface area contributed by atoms with E-state index in [1.807, 2.05) is 24.8 Å². The number of carbonyl (C=O) groups is 2. The van der Waals surface area contributed by atoms with E-state index in [4.69, 9.17) is 4.74 Å². The number of hydrogen-bond acceptors (Lipinski definition) is 3. The molecule has 0 spiro atoms. The van der Waals surface area contributed by atoms with Crippen LogP contribution >= 0.6 is 0 Å². The molecule has 1 aliphatic heterocycles. The minimum absolute atomic E-state index is 0.00793. The van der Waals surface area contributed by atoms with E-state index in [0.29, 0.717) is 17.8 Å². The van der Waals surface area contributed by atoms with Crippen LogP contribution in [0.4, 0.5) is 0 Å². The molecule has 0 saturated carbocycles. The quantitative estimate of drug-likeness (QED) is 0.550. The molecule has 0 aliphatic carbocycles. The second kappa shape index (κ2) is 9.11. The monoisotopic (exact) mass is 387 g/mol. The molecular formula is C24H37NO3. The highest BCUT2D eigenvalue weighted by molar-refractivity contribution is 5.92. The van der Waals surface area contributed by atoms with Crippen molar-refractivity contribution < 1.29 is 14.3 Å². The number of benzene rings is 1. The molecule has 2 unspecified atom stereocenters. The van der Waals surface area contributed by atoms with Crippen LogP contribution < -0.4 is 4.74 Å². The number of β-lactam (4-membered cyclic amide) rings is 1. The molecule has 1 fully saturated rings. The molecule has 28 heavy (non-hydrogen) atoms. The molecule has 0 aromatic heterocycles. The molecule has 0 N–H and O–H groups in total. The molecule has 1 saturated heterocycles. The summed E-state index contributed by atoms with van der Waals surface area (Å²) in [5, 5.41) is 0. The Morgan fingerprint density at radius 2 is 1.61 bits per heavy atom. The fourth-order valence-electron chi connectivity index (χ4n) is 4.33. The fraction of sp³-hybridized carbons (Fsp3) is 0.667. The highest BCUT2D eigenvalue weighted by atomic mass is 16.5. The minimum atomic E-state index is -0.201. The average molecular weight is 388 g/mol. The van der Waals surface area contributed by atoms with Gasteiger partial charge in [-0.1, -0.05) is 47.6 Å². The average Bonchev–Trinajstić information content (AvgIpc) is 2.60. The standard InChI is InChI=1S/C24H37NO3/c1-14(2)20-10-9-19(12-21(20)15(3)4)28-13-18(26)11-22-23(16(5)6)25(17(7)8)24(22)27/h9-10,12,14-17,22-23H,11,13H2,1-8H3. The molecule has 1 aromatic carbocycles. The Hall–Kier alpha value is -1.84. The lowest BCUT2D eigenvalue weighted by Gasteiger charge is -2.51. The van der Waals surface area contributed by atoms with Gasteiger partial charge >= 0.3 is 0 Å². The summed E-state index contributed by atoms with van der Waals surface area (Å²) in [7, 11) is 0. The first-order valence-electron chi connectivity index (χ1n) is 10.6. The maximum absolute atomic E-state index is 12.5. The van der Waals surface area contributed by atoms with E-state index in [-0.39, 0.29) is 42.7 Å². The molecule has 2 atom stereocenters. The second-order valence-electron chi connectivity index (χ2n) is 9.31. The van der Waals surface area contributed by atoms with Crippen LogP contribution in [0.25, 0.3) is 0 Å². The normalized spacial score (nSPS) is 19.7. The topological polar surface area (TPSA) is 46.6 Å². The van der Waals surface area contributed by atoms with E-state index in [2.05, 4.69) is 53.7 Å². The third kappa shape index (κ3) is 4.76. The smallest absolute Gasteiger partial charge is 0.228 e. The van der Waals surface area contributed by atoms with Gasteiger partial charge in [-0.3, -0.25) is 9.59 Å². The van der Waals surface area contributed by atoms with Gasteiger partial charge in [0, 0.05) is 18.5 Å². The molecule has 4 nitrogen and oxygen atoms in total. The van der Waals surface area contributed by atoms with Gasteiger partial charge in [-0.25, -0.2) is 0 Å². The van der Waals surface area contributed by atoms with Gasteiger partial charge < -0.3 is 9.64 Å². The summed E-state index contributed by atoms with van der Waals surface area (Å²) in [5.41, 5.74) is 2.59. The van der Waals surface area contributed by atoms with Crippen LogP contribution in [-0.2, 0) is 9.59 Å².